The molecule has 2 heteroatoms. The van der Waals surface area contributed by atoms with Gasteiger partial charge in [-0.3, -0.25) is 0 Å². The van der Waals surface area contributed by atoms with E-state index in [0.29, 0.717) is 11.7 Å². The standard InChI is InChI=1S/C21H20O2/c22-19-8-2-7-17-18(19)12-14-4-1-5-15(20(14)17)13-21-10-3-6-16(21)9-11-23-21/h1-2,4-5,7-8,12-13,16,22H,3,6,9-11H2. The topological polar surface area (TPSA) is 29.5 Å². The number of fused-ring (bicyclic) bond motifs is 3. The van der Waals surface area contributed by atoms with Crippen LogP contribution in [0.15, 0.2) is 36.4 Å². The number of hydrogen-bond donors (Lipinski definition) is 1. The fraction of sp³-hybridized carbons (Fsp3) is 0.333. The number of phenolic OH excluding ortho intramolecular Hbond substituents is 1. The maximum Gasteiger partial charge on any atom is 0.123 e. The summed E-state index contributed by atoms with van der Waals surface area (Å²) in [5.74, 6) is 1.03. The average molecular weight is 304 g/mol. The molecule has 2 nitrogen and oxygen atoms in total. The van der Waals surface area contributed by atoms with Crippen molar-refractivity contribution in [3.05, 3.63) is 62.8 Å². The largest absolute Gasteiger partial charge is 0.507 e. The van der Waals surface area contributed by atoms with Crippen molar-refractivity contribution in [3.63, 3.8) is 0 Å². The van der Waals surface area contributed by atoms with Gasteiger partial charge in [0, 0.05) is 11.8 Å². The van der Waals surface area contributed by atoms with Gasteiger partial charge in [-0.25, -0.2) is 0 Å². The van der Waals surface area contributed by atoms with Gasteiger partial charge in [0.15, 0.2) is 0 Å². The van der Waals surface area contributed by atoms with Crippen molar-refractivity contribution in [1.29, 1.82) is 0 Å². The second-order valence-corrected chi connectivity index (χ2v) is 7.02. The van der Waals surface area contributed by atoms with Gasteiger partial charge < -0.3 is 9.84 Å². The minimum atomic E-state index is -0.0608. The van der Waals surface area contributed by atoms with Gasteiger partial charge in [0.1, 0.15) is 5.75 Å². The van der Waals surface area contributed by atoms with Crippen molar-refractivity contribution in [2.45, 2.75) is 31.3 Å². The van der Waals surface area contributed by atoms with E-state index >= 15 is 0 Å². The number of aromatic hydroxyl groups is 1. The van der Waals surface area contributed by atoms with E-state index in [1.807, 2.05) is 6.07 Å². The summed E-state index contributed by atoms with van der Waals surface area (Å²) in [7, 11) is 0. The molecule has 2 unspecified atom stereocenters. The minimum absolute atomic E-state index is 0.0608. The summed E-state index contributed by atoms with van der Waals surface area (Å²) in [5, 5.41) is 14.7. The molecule has 2 fully saturated rings. The first-order chi connectivity index (χ1) is 11.3. The molecule has 0 amide bonds. The zero-order valence-electron chi connectivity index (χ0n) is 13.1. The Morgan fingerprint density at radius 3 is 3.00 bits per heavy atom. The highest BCUT2D eigenvalue weighted by Crippen LogP contribution is 2.46. The van der Waals surface area contributed by atoms with E-state index in [1.54, 1.807) is 6.07 Å². The highest BCUT2D eigenvalue weighted by Gasteiger charge is 2.45. The first-order valence-corrected chi connectivity index (χ1v) is 8.57. The Hall–Kier alpha value is -2.06. The van der Waals surface area contributed by atoms with Gasteiger partial charge in [-0.1, -0.05) is 30.3 Å². The maximum absolute atomic E-state index is 10.2. The van der Waals surface area contributed by atoms with E-state index in [2.05, 4.69) is 36.4 Å². The third kappa shape index (κ3) is 1.85. The van der Waals surface area contributed by atoms with Crippen LogP contribution in [0.4, 0.5) is 0 Å². The molecule has 2 aromatic carbocycles. The van der Waals surface area contributed by atoms with Crippen LogP contribution < -0.4 is 10.4 Å². The van der Waals surface area contributed by atoms with Crippen LogP contribution in [0.5, 0.6) is 5.75 Å². The molecule has 1 heterocycles. The summed E-state index contributed by atoms with van der Waals surface area (Å²) in [6.45, 7) is 0.889. The molecule has 0 radical (unpaired) electrons. The first kappa shape index (κ1) is 13.4. The van der Waals surface area contributed by atoms with E-state index < -0.39 is 0 Å². The van der Waals surface area contributed by atoms with E-state index in [-0.39, 0.29) is 5.60 Å². The summed E-state index contributed by atoms with van der Waals surface area (Å²) in [6.07, 6.45) is 9.35. The van der Waals surface area contributed by atoms with Gasteiger partial charge in [-0.2, -0.15) is 0 Å². The number of ether oxygens (including phenoxy) is 1. The van der Waals surface area contributed by atoms with Crippen LogP contribution in [0.2, 0.25) is 0 Å². The number of rotatable bonds is 1. The van der Waals surface area contributed by atoms with Gasteiger partial charge in [-0.15, -0.1) is 0 Å². The van der Waals surface area contributed by atoms with E-state index in [9.17, 15) is 5.11 Å². The van der Waals surface area contributed by atoms with Crippen LogP contribution in [-0.4, -0.2) is 17.3 Å². The SMILES string of the molecule is Oc1cccc2c1=Cc1cccc(=CC34CCCC3CCO4)c1=2. The van der Waals surface area contributed by atoms with Gasteiger partial charge in [-0.05, 0) is 71.0 Å². The van der Waals surface area contributed by atoms with Crippen LogP contribution in [0, 0.1) is 16.4 Å². The van der Waals surface area contributed by atoms with E-state index in [0.717, 1.165) is 23.5 Å². The maximum atomic E-state index is 10.2. The monoisotopic (exact) mass is 304 g/mol. The third-order valence-electron chi connectivity index (χ3n) is 5.83. The summed E-state index contributed by atoms with van der Waals surface area (Å²) in [4.78, 5) is 0. The summed E-state index contributed by atoms with van der Waals surface area (Å²) in [5.41, 5.74) is 1.13. The van der Waals surface area contributed by atoms with Gasteiger partial charge in [0.25, 0.3) is 0 Å². The molecule has 2 aromatic rings. The molecule has 0 bridgehead atoms. The van der Waals surface area contributed by atoms with Crippen molar-refractivity contribution in [2.75, 3.05) is 6.61 Å². The Balaban J connectivity index is 1.86. The number of hydrogen-bond acceptors (Lipinski definition) is 2. The molecule has 5 rings (SSSR count). The van der Waals surface area contributed by atoms with Crippen molar-refractivity contribution in [1.82, 2.24) is 0 Å². The number of phenols is 1. The lowest BCUT2D eigenvalue weighted by atomic mass is 9.89. The van der Waals surface area contributed by atoms with Gasteiger partial charge in [0.2, 0.25) is 0 Å². The Morgan fingerprint density at radius 2 is 2.04 bits per heavy atom. The predicted octanol–water partition coefficient (Wildman–Crippen LogP) is 2.56. The normalized spacial score (nSPS) is 28.3. The fourth-order valence-electron chi connectivity index (χ4n) is 4.76. The van der Waals surface area contributed by atoms with Crippen LogP contribution in [-0.2, 0) is 4.74 Å². The number of benzene rings is 2. The average Bonchev–Trinajstić information content (AvgIpc) is 3.19. The zero-order valence-corrected chi connectivity index (χ0v) is 13.1. The molecule has 2 aliphatic carbocycles. The second-order valence-electron chi connectivity index (χ2n) is 7.02. The van der Waals surface area contributed by atoms with Crippen LogP contribution in [0.1, 0.15) is 31.2 Å². The quantitative estimate of drug-likeness (QED) is 0.749. The van der Waals surface area contributed by atoms with Crippen molar-refractivity contribution >= 4 is 12.2 Å². The van der Waals surface area contributed by atoms with Crippen LogP contribution in [0.3, 0.4) is 0 Å². The highest BCUT2D eigenvalue weighted by atomic mass is 16.5. The minimum Gasteiger partial charge on any atom is -0.507 e. The lowest BCUT2D eigenvalue weighted by Crippen LogP contribution is -2.30. The molecule has 0 spiro atoms. The molecule has 3 aliphatic rings. The first-order valence-electron chi connectivity index (χ1n) is 8.57. The lowest BCUT2D eigenvalue weighted by Gasteiger charge is -2.24. The van der Waals surface area contributed by atoms with Crippen molar-refractivity contribution in [2.24, 2.45) is 5.92 Å². The molecule has 1 N–H and O–H groups in total. The smallest absolute Gasteiger partial charge is 0.123 e. The van der Waals surface area contributed by atoms with Crippen molar-refractivity contribution in [3.8, 4) is 5.75 Å². The Bertz CT molecular complexity index is 993. The molecule has 23 heavy (non-hydrogen) atoms. The van der Waals surface area contributed by atoms with Crippen molar-refractivity contribution < 1.29 is 9.84 Å². The molecule has 2 atom stereocenters. The third-order valence-corrected chi connectivity index (χ3v) is 5.83. The predicted molar refractivity (Wildman–Crippen MR) is 90.1 cm³/mol. The van der Waals surface area contributed by atoms with Gasteiger partial charge in [0.05, 0.1) is 5.60 Å². The molecule has 1 saturated carbocycles. The molecule has 0 aromatic heterocycles. The molecular weight excluding hydrogens is 284 g/mol. The van der Waals surface area contributed by atoms with Crippen LogP contribution >= 0.6 is 0 Å². The molecular formula is C21H20O2. The molecule has 1 aliphatic heterocycles. The molecule has 1 saturated heterocycles. The second kappa shape index (κ2) is 4.72. The van der Waals surface area contributed by atoms with E-state index in [1.165, 1.54) is 35.3 Å². The fourth-order valence-corrected chi connectivity index (χ4v) is 4.76. The zero-order chi connectivity index (χ0) is 15.4. The Labute approximate surface area is 135 Å². The Kier molecular flexibility index (Phi) is 2.75. The summed E-state index contributed by atoms with van der Waals surface area (Å²) < 4.78 is 6.22. The Morgan fingerprint density at radius 1 is 1.13 bits per heavy atom. The summed E-state index contributed by atoms with van der Waals surface area (Å²) >= 11 is 0. The molecule has 116 valence electrons. The van der Waals surface area contributed by atoms with Gasteiger partial charge >= 0.3 is 0 Å². The summed E-state index contributed by atoms with van der Waals surface area (Å²) in [6, 6.07) is 12.2. The highest BCUT2D eigenvalue weighted by molar-refractivity contribution is 5.59. The lowest BCUT2D eigenvalue weighted by molar-refractivity contribution is 0.0478. The van der Waals surface area contributed by atoms with Crippen LogP contribution in [0.25, 0.3) is 12.2 Å². The van der Waals surface area contributed by atoms with E-state index in [4.69, 9.17) is 4.74 Å².